The average Bonchev–Trinajstić information content (AvgIpc) is 2.90. The van der Waals surface area contributed by atoms with E-state index in [9.17, 15) is 4.79 Å². The molecule has 2 N–H and O–H groups in total. The lowest BCUT2D eigenvalue weighted by Crippen LogP contribution is -2.47. The molecule has 0 spiro atoms. The number of fused-ring (bicyclic) bond motifs is 1. The maximum atomic E-state index is 12.3. The molecule has 0 saturated carbocycles. The molecule has 0 bridgehead atoms. The summed E-state index contributed by atoms with van der Waals surface area (Å²) >= 11 is 3.61. The molecule has 0 unspecified atom stereocenters. The molecule has 2 aromatic heterocycles. The number of amides is 1. The SMILES string of the molecule is CN(C(=O)OC(C)(C)C)C1CCN(c2c(Br)cc3c(N)ncnn23)CC1. The molecule has 1 amide bonds. The highest BCUT2D eigenvalue weighted by Gasteiger charge is 2.30. The number of nitrogen functional groups attached to an aromatic ring is 1. The number of hydrogen-bond donors (Lipinski definition) is 1. The number of aromatic nitrogens is 3. The summed E-state index contributed by atoms with van der Waals surface area (Å²) in [6, 6.07) is 2.09. The zero-order chi connectivity index (χ0) is 19.1. The molecule has 1 aliphatic rings. The fraction of sp³-hybridized carbons (Fsp3) is 0.588. The zero-order valence-corrected chi connectivity index (χ0v) is 17.2. The molecule has 26 heavy (non-hydrogen) atoms. The van der Waals surface area contributed by atoms with Crippen molar-refractivity contribution in [2.45, 2.75) is 45.3 Å². The molecule has 1 saturated heterocycles. The smallest absolute Gasteiger partial charge is 0.410 e. The Balaban J connectivity index is 1.70. The lowest BCUT2D eigenvalue weighted by molar-refractivity contribution is 0.0200. The molecule has 0 radical (unpaired) electrons. The third kappa shape index (κ3) is 3.72. The van der Waals surface area contributed by atoms with E-state index < -0.39 is 5.60 Å². The van der Waals surface area contributed by atoms with Crippen molar-refractivity contribution in [3.05, 3.63) is 16.9 Å². The molecule has 2 aromatic rings. The Bertz CT molecular complexity index is 807. The first kappa shape index (κ1) is 18.8. The van der Waals surface area contributed by atoms with Gasteiger partial charge < -0.3 is 20.3 Å². The van der Waals surface area contributed by atoms with Crippen molar-refractivity contribution in [1.29, 1.82) is 0 Å². The monoisotopic (exact) mass is 424 g/mol. The topological polar surface area (TPSA) is 89.0 Å². The fourth-order valence-corrected chi connectivity index (χ4v) is 3.83. The third-order valence-electron chi connectivity index (χ3n) is 4.53. The Morgan fingerprint density at radius 1 is 1.38 bits per heavy atom. The van der Waals surface area contributed by atoms with Crippen LogP contribution in [0, 0.1) is 0 Å². The Kier molecular flexibility index (Phi) is 5.01. The van der Waals surface area contributed by atoms with E-state index >= 15 is 0 Å². The normalized spacial score (nSPS) is 16.1. The van der Waals surface area contributed by atoms with E-state index in [-0.39, 0.29) is 12.1 Å². The van der Waals surface area contributed by atoms with Crippen LogP contribution in [0.25, 0.3) is 5.52 Å². The highest BCUT2D eigenvalue weighted by molar-refractivity contribution is 9.10. The van der Waals surface area contributed by atoms with Crippen LogP contribution in [-0.4, -0.2) is 57.4 Å². The van der Waals surface area contributed by atoms with E-state index in [0.29, 0.717) is 5.82 Å². The van der Waals surface area contributed by atoms with Crippen molar-refractivity contribution in [2.24, 2.45) is 0 Å². The maximum Gasteiger partial charge on any atom is 0.410 e. The van der Waals surface area contributed by atoms with Crippen LogP contribution < -0.4 is 10.6 Å². The molecule has 0 atom stereocenters. The average molecular weight is 425 g/mol. The van der Waals surface area contributed by atoms with Gasteiger partial charge in [-0.1, -0.05) is 0 Å². The van der Waals surface area contributed by atoms with Crippen LogP contribution in [0.2, 0.25) is 0 Å². The van der Waals surface area contributed by atoms with Gasteiger partial charge in [-0.05, 0) is 55.6 Å². The largest absolute Gasteiger partial charge is 0.444 e. The second-order valence-corrected chi connectivity index (χ2v) is 8.42. The number of carbonyl (C=O) groups is 1. The zero-order valence-electron chi connectivity index (χ0n) is 15.6. The first-order valence-corrected chi connectivity index (χ1v) is 9.45. The Morgan fingerprint density at radius 3 is 2.65 bits per heavy atom. The van der Waals surface area contributed by atoms with Crippen LogP contribution in [0.5, 0.6) is 0 Å². The molecule has 1 aliphatic heterocycles. The van der Waals surface area contributed by atoms with Gasteiger partial charge >= 0.3 is 6.09 Å². The Hall–Kier alpha value is -2.03. The van der Waals surface area contributed by atoms with Crippen LogP contribution in [-0.2, 0) is 4.74 Å². The lowest BCUT2D eigenvalue weighted by atomic mass is 10.0. The summed E-state index contributed by atoms with van der Waals surface area (Å²) in [6.45, 7) is 7.26. The quantitative estimate of drug-likeness (QED) is 0.796. The van der Waals surface area contributed by atoms with Gasteiger partial charge in [-0.15, -0.1) is 0 Å². The number of hydrogen-bond acceptors (Lipinski definition) is 6. The number of nitrogens with two attached hydrogens (primary N) is 1. The van der Waals surface area contributed by atoms with Crippen LogP contribution in [0.3, 0.4) is 0 Å². The number of piperidine rings is 1. The van der Waals surface area contributed by atoms with Gasteiger partial charge in [0.25, 0.3) is 0 Å². The first-order valence-electron chi connectivity index (χ1n) is 8.66. The summed E-state index contributed by atoms with van der Waals surface area (Å²) < 4.78 is 8.22. The second-order valence-electron chi connectivity index (χ2n) is 7.57. The van der Waals surface area contributed by atoms with Crippen molar-refractivity contribution in [1.82, 2.24) is 19.5 Å². The minimum atomic E-state index is -0.485. The number of anilines is 2. The minimum Gasteiger partial charge on any atom is -0.444 e. The van der Waals surface area contributed by atoms with Crippen LogP contribution in [0.1, 0.15) is 33.6 Å². The van der Waals surface area contributed by atoms with Gasteiger partial charge in [0.05, 0.1) is 4.47 Å². The lowest BCUT2D eigenvalue weighted by Gasteiger charge is -2.38. The summed E-state index contributed by atoms with van der Waals surface area (Å²) in [5.41, 5.74) is 6.24. The Morgan fingerprint density at radius 2 is 2.04 bits per heavy atom. The van der Waals surface area contributed by atoms with E-state index in [0.717, 1.165) is 41.7 Å². The van der Waals surface area contributed by atoms with Gasteiger partial charge in [-0.25, -0.2) is 14.3 Å². The van der Waals surface area contributed by atoms with E-state index in [2.05, 4.69) is 30.9 Å². The number of halogens is 1. The van der Waals surface area contributed by atoms with E-state index in [1.165, 1.54) is 6.33 Å². The van der Waals surface area contributed by atoms with Crippen LogP contribution in [0.15, 0.2) is 16.9 Å². The van der Waals surface area contributed by atoms with Crippen molar-refractivity contribution < 1.29 is 9.53 Å². The van der Waals surface area contributed by atoms with Gasteiger partial charge in [-0.3, -0.25) is 0 Å². The van der Waals surface area contributed by atoms with Gasteiger partial charge in [0.15, 0.2) is 5.82 Å². The molecular weight excluding hydrogens is 400 g/mol. The van der Waals surface area contributed by atoms with Gasteiger partial charge in [0, 0.05) is 26.2 Å². The number of nitrogens with zero attached hydrogens (tertiary/aromatic N) is 5. The van der Waals surface area contributed by atoms with E-state index in [4.69, 9.17) is 10.5 Å². The summed E-state index contributed by atoms with van der Waals surface area (Å²) in [6.07, 6.45) is 2.90. The molecule has 3 heterocycles. The van der Waals surface area contributed by atoms with Crippen molar-refractivity contribution in [2.75, 3.05) is 30.8 Å². The summed E-state index contributed by atoms with van der Waals surface area (Å²) in [7, 11) is 1.81. The summed E-state index contributed by atoms with van der Waals surface area (Å²) in [5, 5.41) is 4.33. The molecule has 142 valence electrons. The number of ether oxygens (including phenoxy) is 1. The molecule has 0 aromatic carbocycles. The predicted molar refractivity (Wildman–Crippen MR) is 104 cm³/mol. The van der Waals surface area contributed by atoms with Crippen LogP contribution >= 0.6 is 15.9 Å². The first-order chi connectivity index (χ1) is 12.2. The number of carbonyl (C=O) groups excluding carboxylic acids is 1. The molecule has 8 nitrogen and oxygen atoms in total. The molecule has 9 heteroatoms. The summed E-state index contributed by atoms with van der Waals surface area (Å²) in [5.74, 6) is 1.42. The molecule has 0 aliphatic carbocycles. The highest BCUT2D eigenvalue weighted by Crippen LogP contribution is 2.33. The predicted octanol–water partition coefficient (Wildman–Crippen LogP) is 2.91. The van der Waals surface area contributed by atoms with Crippen LogP contribution in [0.4, 0.5) is 16.4 Å². The third-order valence-corrected chi connectivity index (χ3v) is 5.11. The maximum absolute atomic E-state index is 12.3. The Labute approximate surface area is 161 Å². The van der Waals surface area contributed by atoms with Gasteiger partial charge in [0.2, 0.25) is 0 Å². The number of rotatable bonds is 2. The second kappa shape index (κ2) is 6.94. The molecule has 3 rings (SSSR count). The molecule has 1 fully saturated rings. The van der Waals surface area contributed by atoms with Gasteiger partial charge in [-0.2, -0.15) is 5.10 Å². The van der Waals surface area contributed by atoms with Crippen molar-refractivity contribution >= 4 is 39.2 Å². The van der Waals surface area contributed by atoms with E-state index in [1.54, 1.807) is 4.90 Å². The van der Waals surface area contributed by atoms with Crippen molar-refractivity contribution in [3.63, 3.8) is 0 Å². The highest BCUT2D eigenvalue weighted by atomic mass is 79.9. The standard InChI is InChI=1S/C17H25BrN6O2/c1-17(2,3)26-16(25)22(4)11-5-7-23(8-6-11)15-12(18)9-13-14(19)20-10-21-24(13)15/h9-11H,5-8H2,1-4H3,(H2,19,20,21). The fourth-order valence-electron chi connectivity index (χ4n) is 3.20. The van der Waals surface area contributed by atoms with E-state index in [1.807, 2.05) is 38.4 Å². The van der Waals surface area contributed by atoms with Crippen molar-refractivity contribution in [3.8, 4) is 0 Å². The van der Waals surface area contributed by atoms with Gasteiger partial charge in [0.1, 0.15) is 23.3 Å². The molecular formula is C17H25BrN6O2. The summed E-state index contributed by atoms with van der Waals surface area (Å²) in [4.78, 5) is 20.3. The minimum absolute atomic E-state index is 0.158.